The van der Waals surface area contributed by atoms with Gasteiger partial charge in [-0.05, 0) is 30.3 Å². The number of hydrogen-bond donors (Lipinski definition) is 1. The first kappa shape index (κ1) is 14.9. The van der Waals surface area contributed by atoms with Crippen LogP contribution in [0.3, 0.4) is 0 Å². The highest BCUT2D eigenvalue weighted by Gasteiger charge is 2.26. The van der Waals surface area contributed by atoms with Gasteiger partial charge in [-0.3, -0.25) is 4.79 Å². The summed E-state index contributed by atoms with van der Waals surface area (Å²) in [5, 5.41) is 4.69. The molecule has 3 aromatic rings. The van der Waals surface area contributed by atoms with Gasteiger partial charge < -0.3 is 5.32 Å². The van der Waals surface area contributed by atoms with Crippen LogP contribution < -0.4 is 10.00 Å². The van der Waals surface area contributed by atoms with E-state index in [0.717, 1.165) is 10.9 Å². The molecule has 0 saturated heterocycles. The number of halogens is 2. The summed E-state index contributed by atoms with van der Waals surface area (Å²) >= 11 is 11.9. The van der Waals surface area contributed by atoms with Crippen molar-refractivity contribution in [1.29, 1.82) is 0 Å². The minimum Gasteiger partial charge on any atom is -0.317 e. The number of aromatic nitrogens is 2. The van der Waals surface area contributed by atoms with E-state index in [-0.39, 0.29) is 5.91 Å². The van der Waals surface area contributed by atoms with E-state index in [2.05, 4.69) is 5.32 Å². The van der Waals surface area contributed by atoms with E-state index in [0.29, 0.717) is 21.4 Å². The fourth-order valence-corrected chi connectivity index (χ4v) is 3.05. The van der Waals surface area contributed by atoms with E-state index in [1.807, 2.05) is 47.7 Å². The molecule has 0 fully saturated rings. The molecule has 1 heterocycles. The third-order valence-corrected chi connectivity index (χ3v) is 4.05. The van der Waals surface area contributed by atoms with Crippen LogP contribution in [0, 0.1) is 0 Å². The number of fused-ring (bicyclic) bond motifs is 1. The molecule has 0 unspecified atom stereocenters. The monoisotopic (exact) mass is 334 g/mol. The number of aryl methyl sites for hydroxylation is 1. The fourth-order valence-electron chi connectivity index (χ4n) is 2.53. The Balaban J connectivity index is 2.04. The van der Waals surface area contributed by atoms with Crippen LogP contribution in [0.4, 0.5) is 5.69 Å². The Morgan fingerprint density at radius 1 is 1.14 bits per heavy atom. The highest BCUT2D eigenvalue weighted by Crippen LogP contribution is 2.23. The lowest BCUT2D eigenvalue weighted by Crippen LogP contribution is -2.43. The minimum atomic E-state index is -0.211. The van der Waals surface area contributed by atoms with Crippen LogP contribution in [-0.2, 0) is 14.1 Å². The number of para-hydroxylation sites is 1. The molecule has 1 amide bonds. The number of anilines is 1. The van der Waals surface area contributed by atoms with Gasteiger partial charge in [0.15, 0.2) is 7.05 Å². The van der Waals surface area contributed by atoms with Gasteiger partial charge in [0.25, 0.3) is 0 Å². The molecule has 0 saturated carbocycles. The third-order valence-electron chi connectivity index (χ3n) is 3.62. The highest BCUT2D eigenvalue weighted by molar-refractivity contribution is 6.35. The second-order valence-corrected chi connectivity index (χ2v) is 5.90. The van der Waals surface area contributed by atoms with Crippen LogP contribution in [0.5, 0.6) is 0 Å². The molecule has 0 spiro atoms. The maximum absolute atomic E-state index is 12.7. The molecule has 0 radical (unpaired) electrons. The fraction of sp³-hybridized carbons (Fsp3) is 0.125. The summed E-state index contributed by atoms with van der Waals surface area (Å²) in [6.45, 7) is 0. The molecule has 0 bridgehead atoms. The number of nitrogens with one attached hydrogen (secondary N) is 1. The van der Waals surface area contributed by atoms with E-state index < -0.39 is 0 Å². The van der Waals surface area contributed by atoms with Crippen molar-refractivity contribution in [2.75, 3.05) is 5.32 Å². The van der Waals surface area contributed by atoms with Crippen molar-refractivity contribution < 1.29 is 9.48 Å². The van der Waals surface area contributed by atoms with Gasteiger partial charge in [0.05, 0.1) is 12.4 Å². The van der Waals surface area contributed by atoms with Gasteiger partial charge in [-0.25, -0.2) is 0 Å². The molecule has 3 rings (SSSR count). The van der Waals surface area contributed by atoms with Gasteiger partial charge in [0.1, 0.15) is 5.52 Å². The topological polar surface area (TPSA) is 37.9 Å². The zero-order chi connectivity index (χ0) is 15.9. The van der Waals surface area contributed by atoms with Crippen molar-refractivity contribution in [3.05, 3.63) is 58.2 Å². The van der Waals surface area contributed by atoms with Crippen molar-refractivity contribution in [3.8, 4) is 0 Å². The summed E-state index contributed by atoms with van der Waals surface area (Å²) < 4.78 is 3.74. The van der Waals surface area contributed by atoms with Gasteiger partial charge in [-0.15, -0.1) is 4.68 Å². The van der Waals surface area contributed by atoms with Gasteiger partial charge in [-0.1, -0.05) is 35.3 Å². The highest BCUT2D eigenvalue weighted by atomic mass is 35.5. The van der Waals surface area contributed by atoms with E-state index >= 15 is 0 Å². The second-order valence-electron chi connectivity index (χ2n) is 5.03. The molecule has 0 aliphatic rings. The number of carbonyl (C=O) groups excluding carboxylic acids is 1. The SMILES string of the molecule is Cn1c2ccccc2c(C(=O)Nc2cc(Cl)cc(Cl)c2)[n+]1C. The molecule has 0 aliphatic carbocycles. The lowest BCUT2D eigenvalue weighted by Gasteiger charge is -2.04. The minimum absolute atomic E-state index is 0.211. The Kier molecular flexibility index (Phi) is 3.81. The molecule has 1 N–H and O–H groups in total. The Bertz CT molecular complexity index is 866. The Labute approximate surface area is 137 Å². The first-order valence-electron chi connectivity index (χ1n) is 6.68. The number of benzene rings is 2. The van der Waals surface area contributed by atoms with Crippen molar-refractivity contribution in [2.45, 2.75) is 0 Å². The maximum Gasteiger partial charge on any atom is 0.323 e. The molecule has 22 heavy (non-hydrogen) atoms. The van der Waals surface area contributed by atoms with Crippen molar-refractivity contribution in [2.24, 2.45) is 14.1 Å². The first-order valence-corrected chi connectivity index (χ1v) is 7.44. The van der Waals surface area contributed by atoms with Gasteiger partial charge in [0, 0.05) is 15.7 Å². The first-order chi connectivity index (χ1) is 10.5. The van der Waals surface area contributed by atoms with Crippen LogP contribution in [0.25, 0.3) is 10.9 Å². The molecule has 0 atom stereocenters. The van der Waals surface area contributed by atoms with E-state index in [1.165, 1.54) is 0 Å². The van der Waals surface area contributed by atoms with Crippen LogP contribution in [0.15, 0.2) is 42.5 Å². The van der Waals surface area contributed by atoms with Gasteiger partial charge >= 0.3 is 11.6 Å². The molecule has 112 valence electrons. The summed E-state index contributed by atoms with van der Waals surface area (Å²) in [5.74, 6) is -0.211. The summed E-state index contributed by atoms with van der Waals surface area (Å²) in [7, 11) is 3.76. The Morgan fingerprint density at radius 2 is 1.77 bits per heavy atom. The second kappa shape index (κ2) is 5.63. The van der Waals surface area contributed by atoms with Crippen LogP contribution in [-0.4, -0.2) is 10.6 Å². The molecular formula is C16H14Cl2N3O+. The lowest BCUT2D eigenvalue weighted by atomic mass is 10.2. The summed E-state index contributed by atoms with van der Waals surface area (Å²) in [6.07, 6.45) is 0. The zero-order valence-corrected chi connectivity index (χ0v) is 13.6. The Hall–Kier alpha value is -2.04. The smallest absolute Gasteiger partial charge is 0.317 e. The number of rotatable bonds is 2. The standard InChI is InChI=1S/C16H13Cl2N3O/c1-20-14-6-4-3-5-13(14)15(21(20)2)16(22)19-12-8-10(17)7-11(18)9-12/h3-9H,1-2H3/p+1. The van der Waals surface area contributed by atoms with Crippen molar-refractivity contribution >= 4 is 45.7 Å². The van der Waals surface area contributed by atoms with Crippen LogP contribution >= 0.6 is 23.2 Å². The van der Waals surface area contributed by atoms with Crippen LogP contribution in [0.2, 0.25) is 10.0 Å². The van der Waals surface area contributed by atoms with Crippen molar-refractivity contribution in [1.82, 2.24) is 4.68 Å². The molecule has 0 aliphatic heterocycles. The molecule has 1 aromatic heterocycles. The largest absolute Gasteiger partial charge is 0.323 e. The quantitative estimate of drug-likeness (QED) is 0.715. The summed E-state index contributed by atoms with van der Waals surface area (Å²) in [4.78, 5) is 12.7. The number of nitrogens with zero attached hydrogens (tertiary/aromatic N) is 2. The average molecular weight is 335 g/mol. The van der Waals surface area contributed by atoms with Gasteiger partial charge in [0.2, 0.25) is 0 Å². The molecular weight excluding hydrogens is 321 g/mol. The third kappa shape index (κ3) is 2.56. The molecule has 2 aromatic carbocycles. The molecule has 6 heteroatoms. The lowest BCUT2D eigenvalue weighted by molar-refractivity contribution is -0.750. The number of amides is 1. The normalized spacial score (nSPS) is 10.9. The zero-order valence-electron chi connectivity index (χ0n) is 12.1. The van der Waals surface area contributed by atoms with E-state index in [4.69, 9.17) is 23.2 Å². The number of hydrogen-bond acceptors (Lipinski definition) is 1. The van der Waals surface area contributed by atoms with Crippen molar-refractivity contribution in [3.63, 3.8) is 0 Å². The van der Waals surface area contributed by atoms with E-state index in [1.54, 1.807) is 18.2 Å². The maximum atomic E-state index is 12.7. The Morgan fingerprint density at radius 3 is 2.45 bits per heavy atom. The predicted octanol–water partition coefficient (Wildman–Crippen LogP) is 3.56. The average Bonchev–Trinajstić information content (AvgIpc) is 2.70. The van der Waals surface area contributed by atoms with Gasteiger partial charge in [-0.2, -0.15) is 4.68 Å². The van der Waals surface area contributed by atoms with E-state index in [9.17, 15) is 4.79 Å². The number of carbonyl (C=O) groups is 1. The summed E-state index contributed by atoms with van der Waals surface area (Å²) in [5.41, 5.74) is 2.13. The molecule has 4 nitrogen and oxygen atoms in total. The predicted molar refractivity (Wildman–Crippen MR) is 88.5 cm³/mol. The summed E-state index contributed by atoms with van der Waals surface area (Å²) in [6, 6.07) is 12.7. The van der Waals surface area contributed by atoms with Crippen LogP contribution in [0.1, 0.15) is 10.5 Å².